The lowest BCUT2D eigenvalue weighted by atomic mass is 10.0. The van der Waals surface area contributed by atoms with E-state index < -0.39 is 11.8 Å². The Hall–Kier alpha value is -1.66. The molecule has 1 aromatic heterocycles. The zero-order chi connectivity index (χ0) is 17.8. The lowest BCUT2D eigenvalue weighted by Crippen LogP contribution is -2.46. The number of halogens is 2. The van der Waals surface area contributed by atoms with Crippen molar-refractivity contribution >= 4 is 29.5 Å². The number of carboxylic acid groups (broad SMARTS) is 1. The molecule has 1 aliphatic heterocycles. The van der Waals surface area contributed by atoms with E-state index in [1.807, 2.05) is 0 Å². The Labute approximate surface area is 151 Å². The highest BCUT2D eigenvalue weighted by atomic mass is 35.5. The Morgan fingerprint density at radius 1 is 1.36 bits per heavy atom. The predicted molar refractivity (Wildman–Crippen MR) is 96.4 cm³/mol. The summed E-state index contributed by atoms with van der Waals surface area (Å²) in [5.74, 6) is -2.28. The molecule has 0 bridgehead atoms. The number of carbonyl (C=O) groups is 1. The van der Waals surface area contributed by atoms with Crippen LogP contribution in [0.25, 0.3) is 6.08 Å². The summed E-state index contributed by atoms with van der Waals surface area (Å²) >= 11 is 6.24. The minimum atomic E-state index is -1.60. The van der Waals surface area contributed by atoms with Gasteiger partial charge in [-0.2, -0.15) is 4.39 Å². The summed E-state index contributed by atoms with van der Waals surface area (Å²) in [5, 5.41) is 12.3. The molecule has 0 aromatic carbocycles. The van der Waals surface area contributed by atoms with Crippen LogP contribution in [-0.4, -0.2) is 46.1 Å². The number of hydrogen-bond acceptors (Lipinski definition) is 4. The summed E-state index contributed by atoms with van der Waals surface area (Å²) in [6.07, 6.45) is 9.79. The molecule has 0 unspecified atom stereocenters. The number of nitrogens with one attached hydrogen (secondary N) is 1. The highest BCUT2D eigenvalue weighted by molar-refractivity contribution is 6.33. The van der Waals surface area contributed by atoms with Gasteiger partial charge in [0.25, 0.3) is 0 Å². The predicted octanol–water partition coefficient (Wildman–Crippen LogP) is 3.95. The highest BCUT2D eigenvalue weighted by Gasteiger charge is 2.28. The molecule has 2 heterocycles. The second-order valence-corrected chi connectivity index (χ2v) is 7.22. The molecule has 1 aromatic rings. The summed E-state index contributed by atoms with van der Waals surface area (Å²) < 4.78 is 13.2. The van der Waals surface area contributed by atoms with Crippen molar-refractivity contribution in [3.05, 3.63) is 28.7 Å². The topological polar surface area (TPSA) is 65.5 Å². The van der Waals surface area contributed by atoms with Gasteiger partial charge < -0.3 is 10.4 Å². The lowest BCUT2D eigenvalue weighted by molar-refractivity contribution is -0.134. The third-order valence-electron chi connectivity index (χ3n) is 4.99. The molecule has 0 spiro atoms. The maximum Gasteiger partial charge on any atom is 0.364 e. The van der Waals surface area contributed by atoms with E-state index in [4.69, 9.17) is 16.7 Å². The van der Waals surface area contributed by atoms with Crippen LogP contribution in [0, 0.1) is 0 Å². The van der Waals surface area contributed by atoms with Crippen LogP contribution in [0.1, 0.15) is 44.1 Å². The third kappa shape index (κ3) is 4.70. The van der Waals surface area contributed by atoms with Gasteiger partial charge in [0.15, 0.2) is 0 Å². The number of hydrogen-bond donors (Lipinski definition) is 2. The number of piperidine rings is 1. The molecule has 2 fully saturated rings. The van der Waals surface area contributed by atoms with Crippen LogP contribution in [-0.2, 0) is 4.79 Å². The van der Waals surface area contributed by atoms with E-state index in [0.717, 1.165) is 32.0 Å². The Bertz CT molecular complexity index is 662. The molecule has 25 heavy (non-hydrogen) atoms. The minimum absolute atomic E-state index is 0.288. The molecule has 0 radical (unpaired) electrons. The summed E-state index contributed by atoms with van der Waals surface area (Å²) in [6.45, 7) is 2.14. The number of carboxylic acids is 1. The van der Waals surface area contributed by atoms with Crippen molar-refractivity contribution in [2.45, 2.75) is 50.6 Å². The number of likely N-dealkylation sites (tertiary alicyclic amines) is 1. The van der Waals surface area contributed by atoms with Crippen molar-refractivity contribution in [2.24, 2.45) is 0 Å². The molecule has 2 aliphatic rings. The van der Waals surface area contributed by atoms with E-state index in [9.17, 15) is 9.18 Å². The van der Waals surface area contributed by atoms with Gasteiger partial charge in [0.1, 0.15) is 5.82 Å². The molecule has 2 N–H and O–H groups in total. The monoisotopic (exact) mass is 367 g/mol. The van der Waals surface area contributed by atoms with Gasteiger partial charge in [-0.1, -0.05) is 24.4 Å². The molecule has 136 valence electrons. The molecule has 1 saturated carbocycles. The van der Waals surface area contributed by atoms with Crippen molar-refractivity contribution in [1.82, 2.24) is 9.88 Å². The quantitative estimate of drug-likeness (QED) is 0.771. The SMILES string of the molecule is O=C(O)/C(F)=C\c1cnc(N[C@@H]2CCCN(C3CCCC3)C2)c(Cl)c1. The van der Waals surface area contributed by atoms with Crippen molar-refractivity contribution < 1.29 is 14.3 Å². The second kappa shape index (κ2) is 8.15. The third-order valence-corrected chi connectivity index (χ3v) is 5.28. The summed E-state index contributed by atoms with van der Waals surface area (Å²) in [7, 11) is 0. The molecule has 5 nitrogen and oxygen atoms in total. The van der Waals surface area contributed by atoms with Crippen LogP contribution in [0.4, 0.5) is 10.2 Å². The van der Waals surface area contributed by atoms with E-state index >= 15 is 0 Å². The maximum absolute atomic E-state index is 13.2. The molecular weight excluding hydrogens is 345 g/mol. The Morgan fingerprint density at radius 2 is 2.12 bits per heavy atom. The first-order chi connectivity index (χ1) is 12.0. The van der Waals surface area contributed by atoms with Crippen LogP contribution >= 0.6 is 11.6 Å². The fourth-order valence-electron chi connectivity index (χ4n) is 3.76. The zero-order valence-electron chi connectivity index (χ0n) is 14.0. The van der Waals surface area contributed by atoms with Gasteiger partial charge in [-0.05, 0) is 49.9 Å². The van der Waals surface area contributed by atoms with Gasteiger partial charge in [-0.25, -0.2) is 9.78 Å². The largest absolute Gasteiger partial charge is 0.476 e. The number of nitrogens with zero attached hydrogens (tertiary/aromatic N) is 2. The smallest absolute Gasteiger partial charge is 0.364 e. The Morgan fingerprint density at radius 3 is 2.80 bits per heavy atom. The van der Waals surface area contributed by atoms with Crippen molar-refractivity contribution in [2.75, 3.05) is 18.4 Å². The number of pyridine rings is 1. The van der Waals surface area contributed by atoms with Crippen molar-refractivity contribution in [3.63, 3.8) is 0 Å². The minimum Gasteiger partial charge on any atom is -0.476 e. The first-order valence-corrected chi connectivity index (χ1v) is 9.17. The molecule has 1 saturated heterocycles. The van der Waals surface area contributed by atoms with Gasteiger partial charge in [-0.3, -0.25) is 4.90 Å². The van der Waals surface area contributed by atoms with Gasteiger partial charge in [0, 0.05) is 24.8 Å². The molecule has 3 rings (SSSR count). The van der Waals surface area contributed by atoms with Crippen molar-refractivity contribution in [3.8, 4) is 0 Å². The molecular formula is C18H23ClFN3O2. The first kappa shape index (κ1) is 18.1. The van der Waals surface area contributed by atoms with Gasteiger partial charge >= 0.3 is 5.97 Å². The Kier molecular flexibility index (Phi) is 5.91. The maximum atomic E-state index is 13.2. The molecule has 7 heteroatoms. The van der Waals surface area contributed by atoms with E-state index in [0.29, 0.717) is 22.4 Å². The van der Waals surface area contributed by atoms with Crippen LogP contribution in [0.3, 0.4) is 0 Å². The van der Waals surface area contributed by atoms with Gasteiger partial charge in [0.2, 0.25) is 5.83 Å². The van der Waals surface area contributed by atoms with E-state index in [1.54, 1.807) is 0 Å². The average Bonchev–Trinajstić information content (AvgIpc) is 3.12. The van der Waals surface area contributed by atoms with E-state index in [-0.39, 0.29) is 6.04 Å². The summed E-state index contributed by atoms with van der Waals surface area (Å²) in [4.78, 5) is 17.4. The number of anilines is 1. The molecule has 0 amide bonds. The molecule has 1 aliphatic carbocycles. The van der Waals surface area contributed by atoms with Crippen LogP contribution < -0.4 is 5.32 Å². The van der Waals surface area contributed by atoms with Gasteiger partial charge in [0.05, 0.1) is 5.02 Å². The van der Waals surface area contributed by atoms with Crippen LogP contribution in [0.15, 0.2) is 18.1 Å². The summed E-state index contributed by atoms with van der Waals surface area (Å²) in [5.41, 5.74) is 0.326. The van der Waals surface area contributed by atoms with E-state index in [2.05, 4.69) is 15.2 Å². The van der Waals surface area contributed by atoms with Crippen LogP contribution in [0.2, 0.25) is 5.02 Å². The van der Waals surface area contributed by atoms with Crippen LogP contribution in [0.5, 0.6) is 0 Å². The average molecular weight is 368 g/mol. The zero-order valence-corrected chi connectivity index (χ0v) is 14.8. The van der Waals surface area contributed by atoms with Gasteiger partial charge in [-0.15, -0.1) is 0 Å². The molecule has 1 atom stereocenters. The first-order valence-electron chi connectivity index (χ1n) is 8.79. The normalized spacial score (nSPS) is 23.0. The number of rotatable bonds is 5. The highest BCUT2D eigenvalue weighted by Crippen LogP contribution is 2.28. The number of aromatic nitrogens is 1. The Balaban J connectivity index is 1.64. The van der Waals surface area contributed by atoms with E-state index in [1.165, 1.54) is 37.9 Å². The number of aliphatic carboxylic acids is 1. The fourth-order valence-corrected chi connectivity index (χ4v) is 3.99. The van der Waals surface area contributed by atoms with Crippen molar-refractivity contribution in [1.29, 1.82) is 0 Å². The fraction of sp³-hybridized carbons (Fsp3) is 0.556. The lowest BCUT2D eigenvalue weighted by Gasteiger charge is -2.37. The second-order valence-electron chi connectivity index (χ2n) is 6.81. The summed E-state index contributed by atoms with van der Waals surface area (Å²) in [6, 6.07) is 2.52. The standard InChI is InChI=1S/C18H23ClFN3O2/c19-15-8-12(9-16(20)18(24)25)10-21-17(15)22-13-4-3-7-23(11-13)14-5-1-2-6-14/h8-10,13-14H,1-7,11H2,(H,21,22)(H,24,25)/b16-9+/t13-/m1/s1.